The van der Waals surface area contributed by atoms with Crippen LogP contribution in [0.25, 0.3) is 22.5 Å². The second kappa shape index (κ2) is 8.99. The van der Waals surface area contributed by atoms with Gasteiger partial charge in [0.25, 0.3) is 0 Å². The molecule has 5 heterocycles. The topological polar surface area (TPSA) is 71.8 Å². The number of aromatic nitrogens is 5. The summed E-state index contributed by atoms with van der Waals surface area (Å²) in [7, 11) is 0. The highest BCUT2D eigenvalue weighted by atomic mass is 15.3. The molecule has 1 N–H and O–H groups in total. The van der Waals surface area contributed by atoms with Crippen molar-refractivity contribution in [2.24, 2.45) is 0 Å². The third-order valence-electron chi connectivity index (χ3n) is 6.88. The van der Waals surface area contributed by atoms with E-state index in [-0.39, 0.29) is 0 Å². The van der Waals surface area contributed by atoms with E-state index in [1.807, 2.05) is 35.3 Å². The molecule has 0 amide bonds. The molecule has 7 nitrogen and oxygen atoms in total. The maximum Gasteiger partial charge on any atom is 0.133 e. The number of nitrogens with one attached hydrogen (secondary N) is 1. The van der Waals surface area contributed by atoms with Crippen molar-refractivity contribution in [3.63, 3.8) is 0 Å². The summed E-state index contributed by atoms with van der Waals surface area (Å²) < 4.78 is 1.94. The lowest BCUT2D eigenvalue weighted by molar-refractivity contribution is 0.466. The molecule has 0 saturated carbocycles. The average Bonchev–Trinajstić information content (AvgIpc) is 3.48. The van der Waals surface area contributed by atoms with Gasteiger partial charge in [0.2, 0.25) is 0 Å². The van der Waals surface area contributed by atoms with Crippen molar-refractivity contribution in [1.82, 2.24) is 30.0 Å². The molecule has 6 rings (SSSR count). The molecule has 3 aromatic heterocycles. The van der Waals surface area contributed by atoms with Crippen LogP contribution < -0.4 is 10.2 Å². The van der Waals surface area contributed by atoms with E-state index in [0.717, 1.165) is 48.0 Å². The van der Waals surface area contributed by atoms with Gasteiger partial charge in [-0.15, -0.1) is 0 Å². The third-order valence-corrected chi connectivity index (χ3v) is 6.88. The number of benzene rings is 1. The maximum atomic E-state index is 4.91. The predicted octanol–water partition coefficient (Wildman–Crippen LogP) is 3.95. The monoisotopic (exact) mass is 451 g/mol. The van der Waals surface area contributed by atoms with Gasteiger partial charge in [-0.25, -0.2) is 9.97 Å². The van der Waals surface area contributed by atoms with Crippen molar-refractivity contribution in [2.45, 2.75) is 44.8 Å². The van der Waals surface area contributed by atoms with Gasteiger partial charge in [-0.05, 0) is 55.7 Å². The molecule has 0 spiro atoms. The SMILES string of the molecule is CCn1cc(-c2ccnc(Cc3ccc(N4CC5CCC(C4)N5)cc3)n2)c(-c2cccnc2)n1. The number of aryl methyl sites for hydroxylation is 1. The Kier molecular flexibility index (Phi) is 5.55. The van der Waals surface area contributed by atoms with Crippen LogP contribution in [0.3, 0.4) is 0 Å². The first kappa shape index (κ1) is 21.0. The van der Waals surface area contributed by atoms with Gasteiger partial charge in [-0.2, -0.15) is 5.10 Å². The minimum Gasteiger partial charge on any atom is -0.368 e. The Morgan fingerprint density at radius 2 is 1.82 bits per heavy atom. The molecule has 4 aromatic rings. The molecular weight excluding hydrogens is 422 g/mol. The normalized spacial score (nSPS) is 19.5. The Hall–Kier alpha value is -3.58. The van der Waals surface area contributed by atoms with Crippen molar-refractivity contribution in [2.75, 3.05) is 18.0 Å². The highest BCUT2D eigenvalue weighted by Gasteiger charge is 2.32. The molecule has 0 aliphatic carbocycles. The number of piperazine rings is 1. The number of fused-ring (bicyclic) bond motifs is 2. The van der Waals surface area contributed by atoms with Crippen LogP contribution in [-0.4, -0.2) is 49.9 Å². The molecule has 7 heteroatoms. The summed E-state index contributed by atoms with van der Waals surface area (Å²) in [5.41, 5.74) is 6.30. The third kappa shape index (κ3) is 4.19. The Morgan fingerprint density at radius 1 is 1.00 bits per heavy atom. The van der Waals surface area contributed by atoms with E-state index in [0.29, 0.717) is 18.5 Å². The van der Waals surface area contributed by atoms with E-state index in [4.69, 9.17) is 10.1 Å². The molecule has 0 radical (unpaired) electrons. The van der Waals surface area contributed by atoms with Gasteiger partial charge < -0.3 is 10.2 Å². The Labute approximate surface area is 199 Å². The van der Waals surface area contributed by atoms with E-state index in [1.165, 1.54) is 24.1 Å². The van der Waals surface area contributed by atoms with Gasteiger partial charge >= 0.3 is 0 Å². The smallest absolute Gasteiger partial charge is 0.133 e. The molecule has 2 atom stereocenters. The van der Waals surface area contributed by atoms with Gasteiger partial charge in [0.15, 0.2) is 0 Å². The Morgan fingerprint density at radius 3 is 2.56 bits per heavy atom. The molecule has 2 aliphatic rings. The largest absolute Gasteiger partial charge is 0.368 e. The first-order valence-corrected chi connectivity index (χ1v) is 12.2. The molecular formula is C27H29N7. The van der Waals surface area contributed by atoms with Crippen molar-refractivity contribution < 1.29 is 0 Å². The second-order valence-electron chi connectivity index (χ2n) is 9.23. The van der Waals surface area contributed by atoms with E-state index in [1.54, 1.807) is 6.20 Å². The van der Waals surface area contributed by atoms with E-state index in [9.17, 15) is 0 Å². The number of nitrogens with zero attached hydrogens (tertiary/aromatic N) is 6. The fourth-order valence-electron chi connectivity index (χ4n) is 5.14. The number of pyridine rings is 1. The number of hydrogen-bond donors (Lipinski definition) is 1. The molecule has 2 saturated heterocycles. The molecule has 2 unspecified atom stereocenters. The zero-order valence-corrected chi connectivity index (χ0v) is 19.4. The molecule has 34 heavy (non-hydrogen) atoms. The predicted molar refractivity (Wildman–Crippen MR) is 134 cm³/mol. The van der Waals surface area contributed by atoms with Crippen LogP contribution >= 0.6 is 0 Å². The van der Waals surface area contributed by atoms with Crippen LogP contribution in [0.5, 0.6) is 0 Å². The van der Waals surface area contributed by atoms with Crippen LogP contribution in [0, 0.1) is 0 Å². The quantitative estimate of drug-likeness (QED) is 0.479. The number of hydrogen-bond acceptors (Lipinski definition) is 6. The highest BCUT2D eigenvalue weighted by Crippen LogP contribution is 2.30. The molecule has 2 bridgehead atoms. The highest BCUT2D eigenvalue weighted by molar-refractivity contribution is 5.78. The summed E-state index contributed by atoms with van der Waals surface area (Å²) in [6, 6.07) is 16.1. The van der Waals surface area contributed by atoms with Crippen LogP contribution in [0.1, 0.15) is 31.2 Å². The summed E-state index contributed by atoms with van der Waals surface area (Å²) in [5, 5.41) is 8.47. The zero-order chi connectivity index (χ0) is 22.9. The molecule has 172 valence electrons. The average molecular weight is 452 g/mol. The van der Waals surface area contributed by atoms with Crippen molar-refractivity contribution in [3.8, 4) is 22.5 Å². The summed E-state index contributed by atoms with van der Waals surface area (Å²) in [4.78, 5) is 16.3. The lowest BCUT2D eigenvalue weighted by Crippen LogP contribution is -2.51. The summed E-state index contributed by atoms with van der Waals surface area (Å²) in [5.74, 6) is 0.812. The summed E-state index contributed by atoms with van der Waals surface area (Å²) in [6.45, 7) is 5.09. The first-order valence-electron chi connectivity index (χ1n) is 12.2. The second-order valence-corrected chi connectivity index (χ2v) is 9.23. The number of anilines is 1. The fraction of sp³-hybridized carbons (Fsp3) is 0.333. The van der Waals surface area contributed by atoms with E-state index in [2.05, 4.69) is 57.6 Å². The van der Waals surface area contributed by atoms with Crippen molar-refractivity contribution >= 4 is 5.69 Å². The lowest BCUT2D eigenvalue weighted by atomic mass is 10.1. The molecule has 2 fully saturated rings. The lowest BCUT2D eigenvalue weighted by Gasteiger charge is -2.34. The number of rotatable bonds is 6. The van der Waals surface area contributed by atoms with Gasteiger partial charge in [-0.1, -0.05) is 12.1 Å². The van der Waals surface area contributed by atoms with Crippen LogP contribution in [0.15, 0.2) is 67.3 Å². The summed E-state index contributed by atoms with van der Waals surface area (Å²) in [6.07, 6.45) is 10.8. The molecule has 1 aromatic carbocycles. The van der Waals surface area contributed by atoms with E-state index < -0.39 is 0 Å². The minimum atomic E-state index is 0.642. The maximum absolute atomic E-state index is 4.91. The fourth-order valence-corrected chi connectivity index (χ4v) is 5.14. The zero-order valence-electron chi connectivity index (χ0n) is 19.4. The van der Waals surface area contributed by atoms with Gasteiger partial charge in [0.1, 0.15) is 11.5 Å². The van der Waals surface area contributed by atoms with Crippen LogP contribution in [0.2, 0.25) is 0 Å². The van der Waals surface area contributed by atoms with Crippen LogP contribution in [0.4, 0.5) is 5.69 Å². The standard InChI is InChI=1S/C27H29N7/c1-2-34-18-24(27(32-34)20-4-3-12-28-15-20)25-11-13-29-26(31-25)14-19-5-9-23(10-6-19)33-16-21-7-8-22(17-33)30-21/h3-6,9-13,15,18,21-22,30H,2,7-8,14,16-17H2,1H3. The van der Waals surface area contributed by atoms with Gasteiger partial charge in [0, 0.05) is 79.7 Å². The van der Waals surface area contributed by atoms with Gasteiger partial charge in [0.05, 0.1) is 5.69 Å². The Balaban J connectivity index is 1.23. The molecule has 2 aliphatic heterocycles. The van der Waals surface area contributed by atoms with Gasteiger partial charge in [-0.3, -0.25) is 9.67 Å². The first-order chi connectivity index (χ1) is 16.7. The Bertz CT molecular complexity index is 1250. The minimum absolute atomic E-state index is 0.642. The van der Waals surface area contributed by atoms with Crippen molar-refractivity contribution in [3.05, 3.63) is 78.6 Å². The van der Waals surface area contributed by atoms with Crippen molar-refractivity contribution in [1.29, 1.82) is 0 Å². The van der Waals surface area contributed by atoms with E-state index >= 15 is 0 Å². The van der Waals surface area contributed by atoms with Crippen LogP contribution in [-0.2, 0) is 13.0 Å². The summed E-state index contributed by atoms with van der Waals surface area (Å²) >= 11 is 0.